The molecular formula is C13H20N2O2. The predicted octanol–water partition coefficient (Wildman–Crippen LogP) is 1.03. The minimum absolute atomic E-state index is 0.122. The first kappa shape index (κ1) is 12.1. The monoisotopic (exact) mass is 236 g/mol. The van der Waals surface area contributed by atoms with Gasteiger partial charge in [0.2, 0.25) is 11.8 Å². The fourth-order valence-corrected chi connectivity index (χ4v) is 2.54. The molecule has 0 atom stereocenters. The van der Waals surface area contributed by atoms with Gasteiger partial charge in [0, 0.05) is 39.0 Å². The molecule has 2 aliphatic heterocycles. The Kier molecular flexibility index (Phi) is 3.82. The van der Waals surface area contributed by atoms with Crippen molar-refractivity contribution in [3.63, 3.8) is 0 Å². The van der Waals surface area contributed by atoms with Gasteiger partial charge >= 0.3 is 0 Å². The second-order valence-electron chi connectivity index (χ2n) is 4.82. The third-order valence-corrected chi connectivity index (χ3v) is 3.66. The number of hydrogen-bond acceptors (Lipinski definition) is 2. The van der Waals surface area contributed by atoms with Crippen molar-refractivity contribution in [2.75, 3.05) is 26.2 Å². The molecule has 0 unspecified atom stereocenters. The molecule has 0 aromatic rings. The van der Waals surface area contributed by atoms with Gasteiger partial charge in [0.25, 0.3) is 0 Å². The minimum Gasteiger partial charge on any atom is -0.343 e. The molecule has 2 rings (SSSR count). The average molecular weight is 236 g/mol. The van der Waals surface area contributed by atoms with Crippen molar-refractivity contribution in [1.29, 1.82) is 0 Å². The summed E-state index contributed by atoms with van der Waals surface area (Å²) < 4.78 is 0. The molecule has 94 valence electrons. The number of carbonyl (C=O) groups excluding carboxylic acids is 2. The van der Waals surface area contributed by atoms with E-state index in [1.165, 1.54) is 0 Å². The molecule has 0 saturated carbocycles. The summed E-state index contributed by atoms with van der Waals surface area (Å²) in [5.41, 5.74) is 0. The summed E-state index contributed by atoms with van der Waals surface area (Å²) in [5, 5.41) is 0. The van der Waals surface area contributed by atoms with Crippen LogP contribution in [0.1, 0.15) is 26.2 Å². The van der Waals surface area contributed by atoms with Crippen LogP contribution in [0, 0.1) is 5.92 Å². The molecule has 0 radical (unpaired) electrons. The quantitative estimate of drug-likeness (QED) is 0.638. The molecule has 4 nitrogen and oxygen atoms in total. The van der Waals surface area contributed by atoms with E-state index in [0.717, 1.165) is 45.4 Å². The summed E-state index contributed by atoms with van der Waals surface area (Å²) in [6.45, 7) is 4.66. The Bertz CT molecular complexity index is 330. The number of piperidine rings is 1. The highest BCUT2D eigenvalue weighted by molar-refractivity contribution is 5.80. The zero-order valence-corrected chi connectivity index (χ0v) is 10.4. The standard InChI is InChI=1S/C13H20N2O2/c1-11(16)14-9-5-12(6-10-14)13(17)15-7-3-2-4-8-15/h2-3,12H,4-10H2,1H3. The van der Waals surface area contributed by atoms with Crippen LogP contribution in [0.3, 0.4) is 0 Å². The molecule has 4 heteroatoms. The lowest BCUT2D eigenvalue weighted by atomic mass is 9.95. The Morgan fingerprint density at radius 2 is 1.76 bits per heavy atom. The molecular weight excluding hydrogens is 216 g/mol. The first-order valence-corrected chi connectivity index (χ1v) is 6.38. The summed E-state index contributed by atoms with van der Waals surface area (Å²) in [6.07, 6.45) is 6.80. The predicted molar refractivity (Wildman–Crippen MR) is 65.3 cm³/mol. The van der Waals surface area contributed by atoms with Crippen molar-refractivity contribution in [3.05, 3.63) is 12.2 Å². The number of hydrogen-bond donors (Lipinski definition) is 0. The van der Waals surface area contributed by atoms with Gasteiger partial charge in [-0.1, -0.05) is 12.2 Å². The van der Waals surface area contributed by atoms with E-state index in [4.69, 9.17) is 0 Å². The van der Waals surface area contributed by atoms with Crippen LogP contribution >= 0.6 is 0 Å². The topological polar surface area (TPSA) is 40.6 Å². The van der Waals surface area contributed by atoms with E-state index in [0.29, 0.717) is 0 Å². The zero-order chi connectivity index (χ0) is 12.3. The van der Waals surface area contributed by atoms with Crippen LogP contribution in [-0.2, 0) is 9.59 Å². The molecule has 1 fully saturated rings. The molecule has 2 aliphatic rings. The van der Waals surface area contributed by atoms with E-state index >= 15 is 0 Å². The van der Waals surface area contributed by atoms with Crippen LogP contribution < -0.4 is 0 Å². The van der Waals surface area contributed by atoms with E-state index in [1.54, 1.807) is 6.92 Å². The van der Waals surface area contributed by atoms with Gasteiger partial charge in [-0.3, -0.25) is 9.59 Å². The fraction of sp³-hybridized carbons (Fsp3) is 0.692. The van der Waals surface area contributed by atoms with Crippen molar-refractivity contribution >= 4 is 11.8 Å². The Labute approximate surface area is 102 Å². The van der Waals surface area contributed by atoms with Crippen molar-refractivity contribution in [2.45, 2.75) is 26.2 Å². The zero-order valence-electron chi connectivity index (χ0n) is 10.4. The van der Waals surface area contributed by atoms with Crippen molar-refractivity contribution in [3.8, 4) is 0 Å². The molecule has 0 bridgehead atoms. The third kappa shape index (κ3) is 2.87. The van der Waals surface area contributed by atoms with Gasteiger partial charge in [0.05, 0.1) is 0 Å². The lowest BCUT2D eigenvalue weighted by molar-refractivity contribution is -0.139. The molecule has 0 aliphatic carbocycles. The highest BCUT2D eigenvalue weighted by Crippen LogP contribution is 2.20. The van der Waals surface area contributed by atoms with Gasteiger partial charge in [-0.25, -0.2) is 0 Å². The summed E-state index contributed by atoms with van der Waals surface area (Å²) in [4.78, 5) is 27.2. The number of amides is 2. The molecule has 0 aromatic heterocycles. The molecule has 2 heterocycles. The summed E-state index contributed by atoms with van der Waals surface area (Å²) >= 11 is 0. The van der Waals surface area contributed by atoms with Gasteiger partial charge in [-0.15, -0.1) is 0 Å². The molecule has 1 saturated heterocycles. The number of rotatable bonds is 1. The second-order valence-corrected chi connectivity index (χ2v) is 4.82. The first-order chi connectivity index (χ1) is 8.18. The SMILES string of the molecule is CC(=O)N1CCC(C(=O)N2CC=CCC2)CC1. The third-order valence-electron chi connectivity index (χ3n) is 3.66. The first-order valence-electron chi connectivity index (χ1n) is 6.38. The van der Waals surface area contributed by atoms with Crippen molar-refractivity contribution in [1.82, 2.24) is 9.80 Å². The van der Waals surface area contributed by atoms with Gasteiger partial charge in [-0.05, 0) is 19.3 Å². The van der Waals surface area contributed by atoms with Gasteiger partial charge in [0.15, 0.2) is 0 Å². The van der Waals surface area contributed by atoms with Crippen LogP contribution in [0.4, 0.5) is 0 Å². The number of nitrogens with zero attached hydrogens (tertiary/aromatic N) is 2. The maximum absolute atomic E-state index is 12.2. The minimum atomic E-state index is 0.122. The van der Waals surface area contributed by atoms with Crippen LogP contribution in [0.15, 0.2) is 12.2 Å². The van der Waals surface area contributed by atoms with Crippen molar-refractivity contribution in [2.24, 2.45) is 5.92 Å². The summed E-state index contributed by atoms with van der Waals surface area (Å²) in [7, 11) is 0. The average Bonchev–Trinajstić information content (AvgIpc) is 2.39. The fourth-order valence-electron chi connectivity index (χ4n) is 2.54. The van der Waals surface area contributed by atoms with Crippen LogP contribution in [0.5, 0.6) is 0 Å². The highest BCUT2D eigenvalue weighted by atomic mass is 16.2. The van der Waals surface area contributed by atoms with Crippen LogP contribution in [-0.4, -0.2) is 47.8 Å². The lowest BCUT2D eigenvalue weighted by Gasteiger charge is -2.34. The largest absolute Gasteiger partial charge is 0.343 e. The number of likely N-dealkylation sites (tertiary alicyclic amines) is 1. The molecule has 2 amide bonds. The molecule has 0 spiro atoms. The van der Waals surface area contributed by atoms with Crippen LogP contribution in [0.25, 0.3) is 0 Å². The summed E-state index contributed by atoms with van der Waals surface area (Å²) in [6, 6.07) is 0. The van der Waals surface area contributed by atoms with Crippen LogP contribution in [0.2, 0.25) is 0 Å². The Balaban J connectivity index is 1.85. The van der Waals surface area contributed by atoms with E-state index < -0.39 is 0 Å². The van der Waals surface area contributed by atoms with E-state index in [2.05, 4.69) is 12.2 Å². The van der Waals surface area contributed by atoms with Gasteiger partial charge in [0.1, 0.15) is 0 Å². The Morgan fingerprint density at radius 3 is 2.29 bits per heavy atom. The maximum Gasteiger partial charge on any atom is 0.226 e. The summed E-state index contributed by atoms with van der Waals surface area (Å²) in [5.74, 6) is 0.520. The molecule has 0 aromatic carbocycles. The Morgan fingerprint density at radius 1 is 1.06 bits per heavy atom. The van der Waals surface area contributed by atoms with E-state index in [-0.39, 0.29) is 17.7 Å². The molecule has 17 heavy (non-hydrogen) atoms. The maximum atomic E-state index is 12.2. The second kappa shape index (κ2) is 5.34. The highest BCUT2D eigenvalue weighted by Gasteiger charge is 2.29. The lowest BCUT2D eigenvalue weighted by Crippen LogP contribution is -2.44. The van der Waals surface area contributed by atoms with E-state index in [9.17, 15) is 9.59 Å². The Hall–Kier alpha value is -1.32. The van der Waals surface area contributed by atoms with Gasteiger partial charge < -0.3 is 9.80 Å². The number of carbonyl (C=O) groups is 2. The normalized spacial score (nSPS) is 21.7. The smallest absolute Gasteiger partial charge is 0.226 e. The van der Waals surface area contributed by atoms with E-state index in [1.807, 2.05) is 9.80 Å². The van der Waals surface area contributed by atoms with Crippen molar-refractivity contribution < 1.29 is 9.59 Å². The van der Waals surface area contributed by atoms with Gasteiger partial charge in [-0.2, -0.15) is 0 Å². The molecule has 0 N–H and O–H groups in total.